The van der Waals surface area contributed by atoms with Crippen molar-refractivity contribution in [2.24, 2.45) is 29.4 Å². The molecule has 26 nitrogen and oxygen atoms in total. The van der Waals surface area contributed by atoms with Gasteiger partial charge in [0.15, 0.2) is 5.78 Å². The number of nitrogens with two attached hydrogens (primary N) is 1. The van der Waals surface area contributed by atoms with Gasteiger partial charge in [0.2, 0.25) is 29.5 Å². The standard InChI is InChI=1S/C61H105N5O21/c1-3-45(52(70)27-25-50(44(2)67)58(62)77)20-18-19-31-63-54(72)30-26-51(61(82)83)66-55(73)29-24-47(60(80)81)41-49(69)42-86-38-36-85-35-33-65-56(74)43-87-39-37-84-34-32-64-53(71)28-23-46(59(78)79)40-48(68)21-16-14-12-10-8-6-4-5-7-9-11-13-15-17-22-57(75)76/h44-47,50-51,67H,3-43H2,1-2H3,(H2,62,77)(H,63,72)(H,64,71)(H,65,74)(H,66,73)(H,75,76)(H,78,79)(H,80,81)(H,82,83)/t44-,45+,46-,47-,50+,51+/m1/s1. The van der Waals surface area contributed by atoms with Crippen molar-refractivity contribution in [1.82, 2.24) is 21.3 Å². The van der Waals surface area contributed by atoms with Crippen LogP contribution in [0.1, 0.15) is 206 Å². The van der Waals surface area contributed by atoms with Crippen LogP contribution in [-0.2, 0) is 76.5 Å². The zero-order valence-electron chi connectivity index (χ0n) is 51.8. The van der Waals surface area contributed by atoms with Crippen LogP contribution in [0.4, 0.5) is 0 Å². The Morgan fingerprint density at radius 1 is 0.414 bits per heavy atom. The number of hydrogen-bond donors (Lipinski definition) is 10. The number of unbranched alkanes of at least 4 members (excludes halogenated alkanes) is 14. The Balaban J connectivity index is 4.07. The summed E-state index contributed by atoms with van der Waals surface area (Å²) < 4.78 is 21.3. The van der Waals surface area contributed by atoms with Crippen LogP contribution in [0.25, 0.3) is 0 Å². The smallest absolute Gasteiger partial charge is 0.326 e. The predicted octanol–water partition coefficient (Wildman–Crippen LogP) is 4.99. The molecule has 0 aromatic heterocycles. The Kier molecular flexibility index (Phi) is 49.5. The van der Waals surface area contributed by atoms with Crippen LogP contribution in [0.3, 0.4) is 0 Å². The van der Waals surface area contributed by atoms with Crippen LogP contribution in [0.15, 0.2) is 0 Å². The number of aliphatic hydroxyl groups excluding tert-OH is 1. The van der Waals surface area contributed by atoms with Crippen LogP contribution in [-0.4, -0.2) is 181 Å². The summed E-state index contributed by atoms with van der Waals surface area (Å²) in [5, 5.41) is 57.6. The van der Waals surface area contributed by atoms with E-state index in [9.17, 15) is 78.0 Å². The summed E-state index contributed by atoms with van der Waals surface area (Å²) in [6.45, 7) is 3.79. The Morgan fingerprint density at radius 3 is 1.34 bits per heavy atom. The SMILES string of the molecule is CC[C@@H](CCCCNC(=O)CC[C@H](NC(=O)CC[C@H](CC(=O)COCCOCCNC(=O)COCCOCCNC(=O)CC[C@H](CC(=O)CCCCCCCCCCCCCCCCC(=O)O)C(=O)O)C(=O)O)C(=O)O)C(=O)CC[C@H](C(N)=O)[C@@H](C)O. The van der Waals surface area contributed by atoms with E-state index in [-0.39, 0.29) is 147 Å². The highest BCUT2D eigenvalue weighted by Gasteiger charge is 2.27. The van der Waals surface area contributed by atoms with Crippen LogP contribution in [0, 0.1) is 23.7 Å². The maximum atomic E-state index is 12.7. The first-order valence-corrected chi connectivity index (χ1v) is 31.4. The summed E-state index contributed by atoms with van der Waals surface area (Å²) in [5.74, 6) is -11.1. The first-order valence-electron chi connectivity index (χ1n) is 31.4. The number of aliphatic carboxylic acids is 4. The molecule has 0 aliphatic rings. The molecule has 0 heterocycles. The Morgan fingerprint density at radius 2 is 0.862 bits per heavy atom. The van der Waals surface area contributed by atoms with E-state index in [0.717, 1.165) is 57.8 Å². The van der Waals surface area contributed by atoms with E-state index >= 15 is 0 Å². The van der Waals surface area contributed by atoms with Gasteiger partial charge in [-0.05, 0) is 64.7 Å². The quantitative estimate of drug-likeness (QED) is 0.0359. The number of ketones is 3. The second-order valence-electron chi connectivity index (χ2n) is 22.2. The first kappa shape index (κ1) is 81.0. The Bertz CT molecular complexity index is 2020. The van der Waals surface area contributed by atoms with Gasteiger partial charge in [-0.3, -0.25) is 52.7 Å². The molecule has 0 saturated carbocycles. The van der Waals surface area contributed by atoms with Gasteiger partial charge in [-0.2, -0.15) is 0 Å². The van der Waals surface area contributed by atoms with Gasteiger partial charge in [0.25, 0.3) is 0 Å². The number of primary amides is 1. The molecule has 0 bridgehead atoms. The fourth-order valence-corrected chi connectivity index (χ4v) is 9.47. The first-order chi connectivity index (χ1) is 41.6. The van der Waals surface area contributed by atoms with E-state index in [1.54, 1.807) is 0 Å². The summed E-state index contributed by atoms with van der Waals surface area (Å²) in [7, 11) is 0. The lowest BCUT2D eigenvalue weighted by molar-refractivity contribution is -0.145. The van der Waals surface area contributed by atoms with E-state index in [1.807, 2.05) is 6.92 Å². The van der Waals surface area contributed by atoms with E-state index in [4.69, 9.17) is 29.8 Å². The van der Waals surface area contributed by atoms with Crippen molar-refractivity contribution in [2.45, 2.75) is 219 Å². The van der Waals surface area contributed by atoms with Gasteiger partial charge < -0.3 is 71.5 Å². The molecule has 6 atom stereocenters. The second-order valence-corrected chi connectivity index (χ2v) is 22.2. The lowest BCUT2D eigenvalue weighted by atomic mass is 9.88. The molecule has 0 aliphatic heterocycles. The highest BCUT2D eigenvalue weighted by molar-refractivity contribution is 5.87. The average molecular weight is 1240 g/mol. The van der Waals surface area contributed by atoms with Gasteiger partial charge in [0.05, 0.1) is 63.5 Å². The number of amides is 5. The summed E-state index contributed by atoms with van der Waals surface area (Å²) in [5.41, 5.74) is 5.31. The summed E-state index contributed by atoms with van der Waals surface area (Å²) in [6.07, 6.45) is 15.5. The van der Waals surface area contributed by atoms with Gasteiger partial charge in [-0.25, -0.2) is 4.79 Å². The summed E-state index contributed by atoms with van der Waals surface area (Å²) >= 11 is 0. The van der Waals surface area contributed by atoms with Crippen molar-refractivity contribution in [3.05, 3.63) is 0 Å². The van der Waals surface area contributed by atoms with E-state index < -0.39 is 103 Å². The zero-order chi connectivity index (χ0) is 65.0. The number of carboxylic acids is 4. The van der Waals surface area contributed by atoms with Crippen molar-refractivity contribution in [1.29, 1.82) is 0 Å². The molecule has 5 amide bonds. The van der Waals surface area contributed by atoms with Crippen molar-refractivity contribution in [3.63, 3.8) is 0 Å². The maximum absolute atomic E-state index is 12.7. The highest BCUT2D eigenvalue weighted by atomic mass is 16.5. The predicted molar refractivity (Wildman–Crippen MR) is 319 cm³/mol. The molecule has 500 valence electrons. The van der Waals surface area contributed by atoms with Crippen LogP contribution >= 0.6 is 0 Å². The normalized spacial score (nSPS) is 13.3. The minimum Gasteiger partial charge on any atom is -0.481 e. The largest absolute Gasteiger partial charge is 0.481 e. The minimum atomic E-state index is -1.43. The number of hydrogen-bond acceptors (Lipinski definition) is 17. The van der Waals surface area contributed by atoms with Crippen LogP contribution < -0.4 is 27.0 Å². The third-order valence-corrected chi connectivity index (χ3v) is 14.8. The topological polar surface area (TPSA) is 417 Å². The molecule has 0 radical (unpaired) electrons. The number of carbonyl (C=O) groups is 12. The molecule has 0 aromatic rings. The molecule has 11 N–H and O–H groups in total. The number of Topliss-reactive ketones (excluding diaryl/α,β-unsaturated/α-hetero) is 3. The molecule has 0 spiro atoms. The number of rotatable bonds is 62. The van der Waals surface area contributed by atoms with E-state index in [2.05, 4.69) is 21.3 Å². The lowest BCUT2D eigenvalue weighted by Gasteiger charge is -2.18. The molecular formula is C61H105N5O21. The fraction of sp³-hybridized carbons (Fsp3) is 0.803. The number of ether oxygens (including phenoxy) is 4. The third-order valence-electron chi connectivity index (χ3n) is 14.8. The molecule has 0 unspecified atom stereocenters. The monoisotopic (exact) mass is 1240 g/mol. The van der Waals surface area contributed by atoms with Crippen molar-refractivity contribution < 1.29 is 102 Å². The average Bonchev–Trinajstić information content (AvgIpc) is 3.52. The Labute approximate surface area is 513 Å². The minimum absolute atomic E-state index is 0.0156. The van der Waals surface area contributed by atoms with Gasteiger partial charge >= 0.3 is 23.9 Å². The number of aliphatic hydroxyl groups is 1. The van der Waals surface area contributed by atoms with Crippen molar-refractivity contribution in [2.75, 3.05) is 72.5 Å². The molecule has 0 fully saturated rings. The molecule has 0 aliphatic carbocycles. The number of carbonyl (C=O) groups excluding carboxylic acids is 8. The number of carboxylic acid groups (broad SMARTS) is 4. The molecule has 0 rings (SSSR count). The third kappa shape index (κ3) is 47.7. The van der Waals surface area contributed by atoms with Crippen molar-refractivity contribution in [3.8, 4) is 0 Å². The zero-order valence-corrected chi connectivity index (χ0v) is 51.8. The van der Waals surface area contributed by atoms with Gasteiger partial charge in [0, 0.05) is 76.9 Å². The molecule has 26 heteroatoms. The summed E-state index contributed by atoms with van der Waals surface area (Å²) in [4.78, 5) is 145. The molecule has 0 aromatic carbocycles. The Hall–Kier alpha value is -5.96. The van der Waals surface area contributed by atoms with Gasteiger partial charge in [-0.15, -0.1) is 0 Å². The van der Waals surface area contributed by atoms with Crippen LogP contribution in [0.2, 0.25) is 0 Å². The van der Waals surface area contributed by atoms with Crippen molar-refractivity contribution >= 4 is 70.8 Å². The molecule has 0 saturated heterocycles. The van der Waals surface area contributed by atoms with Gasteiger partial charge in [0.1, 0.15) is 30.8 Å². The number of nitrogens with one attached hydrogen (secondary N) is 4. The van der Waals surface area contributed by atoms with Gasteiger partial charge in [-0.1, -0.05) is 90.4 Å². The molecular weight excluding hydrogens is 1140 g/mol. The maximum Gasteiger partial charge on any atom is 0.326 e. The lowest BCUT2D eigenvalue weighted by Crippen LogP contribution is -2.42. The second kappa shape index (κ2) is 53.1. The highest BCUT2D eigenvalue weighted by Crippen LogP contribution is 2.21. The van der Waals surface area contributed by atoms with E-state index in [1.165, 1.54) is 39.0 Å². The van der Waals surface area contributed by atoms with Crippen LogP contribution in [0.5, 0.6) is 0 Å². The summed E-state index contributed by atoms with van der Waals surface area (Å²) in [6, 6.07) is -1.43. The fourth-order valence-electron chi connectivity index (χ4n) is 9.47. The molecule has 87 heavy (non-hydrogen) atoms. The van der Waals surface area contributed by atoms with E-state index in [0.29, 0.717) is 32.1 Å².